The first-order valence-corrected chi connectivity index (χ1v) is 10.1. The number of aliphatic hydroxyl groups is 1. The summed E-state index contributed by atoms with van der Waals surface area (Å²) in [5, 5.41) is 20.0. The third-order valence-electron chi connectivity index (χ3n) is 5.48. The summed E-state index contributed by atoms with van der Waals surface area (Å²) in [6.45, 7) is 2.35. The molecule has 2 rings (SSSR count). The summed E-state index contributed by atoms with van der Waals surface area (Å²) in [5.41, 5.74) is 2.28. The van der Waals surface area contributed by atoms with Gasteiger partial charge in [0.15, 0.2) is 0 Å². The third kappa shape index (κ3) is 6.27. The number of aliphatic imine (C=N–C) groups is 1. The lowest BCUT2D eigenvalue weighted by Gasteiger charge is -2.21. The number of rotatable bonds is 4. The lowest BCUT2D eigenvalue weighted by Crippen LogP contribution is -2.25. The first-order valence-electron chi connectivity index (χ1n) is 10.1. The maximum Gasteiger partial charge on any atom is 0.280 e. The largest absolute Gasteiger partial charge is 0.512 e. The SMILES string of the molecule is CC(O)=C(C=C1CCCCCCC1=NCC1CCCCC1)C(=O)N(C)O. The third-order valence-corrected chi connectivity index (χ3v) is 5.48. The fourth-order valence-corrected chi connectivity index (χ4v) is 3.88. The van der Waals surface area contributed by atoms with Gasteiger partial charge in [-0.15, -0.1) is 0 Å². The Bertz CT molecular complexity index is 566. The van der Waals surface area contributed by atoms with E-state index in [1.54, 1.807) is 6.08 Å². The average Bonchev–Trinajstić information content (AvgIpc) is 2.60. The van der Waals surface area contributed by atoms with Crippen molar-refractivity contribution in [3.63, 3.8) is 0 Å². The Morgan fingerprint density at radius 2 is 1.73 bits per heavy atom. The first kappa shape index (κ1) is 20.7. The zero-order chi connectivity index (χ0) is 18.9. The Kier molecular flexibility index (Phi) is 8.36. The minimum atomic E-state index is -0.591. The summed E-state index contributed by atoms with van der Waals surface area (Å²) in [6.07, 6.45) is 14.6. The van der Waals surface area contributed by atoms with Crippen molar-refractivity contribution in [2.24, 2.45) is 10.9 Å². The van der Waals surface area contributed by atoms with Crippen LogP contribution in [-0.2, 0) is 4.79 Å². The van der Waals surface area contributed by atoms with Gasteiger partial charge < -0.3 is 5.11 Å². The molecule has 5 nitrogen and oxygen atoms in total. The van der Waals surface area contributed by atoms with E-state index in [4.69, 9.17) is 4.99 Å². The van der Waals surface area contributed by atoms with E-state index in [1.807, 2.05) is 0 Å². The van der Waals surface area contributed by atoms with E-state index < -0.39 is 5.91 Å². The van der Waals surface area contributed by atoms with Crippen LogP contribution >= 0.6 is 0 Å². The molecule has 0 aromatic rings. The molecule has 26 heavy (non-hydrogen) atoms. The Morgan fingerprint density at radius 3 is 2.35 bits per heavy atom. The van der Waals surface area contributed by atoms with E-state index in [0.717, 1.165) is 43.5 Å². The number of hydrogen-bond acceptors (Lipinski definition) is 4. The maximum absolute atomic E-state index is 12.2. The van der Waals surface area contributed by atoms with Crippen LogP contribution in [0.4, 0.5) is 0 Å². The van der Waals surface area contributed by atoms with Crippen LogP contribution < -0.4 is 0 Å². The van der Waals surface area contributed by atoms with E-state index in [2.05, 4.69) is 0 Å². The Hall–Kier alpha value is -1.62. The fraction of sp³-hybridized carbons (Fsp3) is 0.714. The number of aliphatic hydroxyl groups excluding tert-OH is 1. The molecule has 2 N–H and O–H groups in total. The Morgan fingerprint density at radius 1 is 1.12 bits per heavy atom. The molecule has 0 spiro atoms. The highest BCUT2D eigenvalue weighted by Crippen LogP contribution is 2.26. The molecule has 2 fully saturated rings. The van der Waals surface area contributed by atoms with Gasteiger partial charge in [-0.05, 0) is 63.0 Å². The number of allylic oxidation sites excluding steroid dienone is 2. The molecule has 0 heterocycles. The standard InChI is InChI=1S/C21H34N2O3/c1-16(24)19(21(25)23(2)26)14-18-12-8-3-4-9-13-20(18)22-15-17-10-6-5-7-11-17/h14,17,24,26H,3-13,15H2,1-2H3. The van der Waals surface area contributed by atoms with Crippen molar-refractivity contribution in [2.45, 2.75) is 77.6 Å². The highest BCUT2D eigenvalue weighted by Gasteiger charge is 2.19. The van der Waals surface area contributed by atoms with E-state index in [0.29, 0.717) is 11.0 Å². The molecule has 0 saturated heterocycles. The van der Waals surface area contributed by atoms with Crippen LogP contribution in [0, 0.1) is 5.92 Å². The van der Waals surface area contributed by atoms with Crippen LogP contribution in [0.2, 0.25) is 0 Å². The second kappa shape index (κ2) is 10.5. The topological polar surface area (TPSA) is 73.1 Å². The van der Waals surface area contributed by atoms with Gasteiger partial charge in [0.05, 0.1) is 5.57 Å². The van der Waals surface area contributed by atoms with Gasteiger partial charge in [-0.3, -0.25) is 15.0 Å². The van der Waals surface area contributed by atoms with Gasteiger partial charge in [-0.1, -0.05) is 32.1 Å². The summed E-state index contributed by atoms with van der Waals surface area (Å²) >= 11 is 0. The van der Waals surface area contributed by atoms with Crippen molar-refractivity contribution < 1.29 is 15.1 Å². The lowest BCUT2D eigenvalue weighted by molar-refractivity contribution is -0.154. The summed E-state index contributed by atoms with van der Waals surface area (Å²) in [6, 6.07) is 0. The van der Waals surface area contributed by atoms with Gasteiger partial charge in [0, 0.05) is 19.3 Å². The molecule has 5 heteroatoms. The predicted octanol–water partition coefficient (Wildman–Crippen LogP) is 4.97. The summed E-state index contributed by atoms with van der Waals surface area (Å²) < 4.78 is 0. The molecule has 0 aromatic heterocycles. The van der Waals surface area contributed by atoms with E-state index in [9.17, 15) is 15.1 Å². The Labute approximate surface area is 157 Å². The number of hydroxylamine groups is 2. The molecule has 2 aliphatic carbocycles. The molecule has 0 bridgehead atoms. The molecule has 2 aliphatic rings. The second-order valence-corrected chi connectivity index (χ2v) is 7.70. The van der Waals surface area contributed by atoms with Crippen LogP contribution in [0.1, 0.15) is 77.6 Å². The highest BCUT2D eigenvalue weighted by atomic mass is 16.5. The molecule has 2 saturated carbocycles. The molecular formula is C21H34N2O3. The molecule has 0 aromatic carbocycles. The van der Waals surface area contributed by atoms with E-state index in [1.165, 1.54) is 58.9 Å². The minimum absolute atomic E-state index is 0.0721. The molecular weight excluding hydrogens is 328 g/mol. The Balaban J connectivity index is 2.25. The fourth-order valence-electron chi connectivity index (χ4n) is 3.88. The monoisotopic (exact) mass is 362 g/mol. The van der Waals surface area contributed by atoms with Crippen LogP contribution in [-0.4, -0.2) is 40.6 Å². The van der Waals surface area contributed by atoms with Crippen molar-refractivity contribution in [2.75, 3.05) is 13.6 Å². The highest BCUT2D eigenvalue weighted by molar-refractivity contribution is 6.04. The van der Waals surface area contributed by atoms with Crippen molar-refractivity contribution in [3.05, 3.63) is 23.0 Å². The first-order chi connectivity index (χ1) is 12.5. The maximum atomic E-state index is 12.2. The zero-order valence-corrected chi connectivity index (χ0v) is 16.3. The van der Waals surface area contributed by atoms with Crippen LogP contribution in [0.3, 0.4) is 0 Å². The molecule has 1 amide bonds. The number of hydrogen-bond donors (Lipinski definition) is 2. The van der Waals surface area contributed by atoms with Crippen molar-refractivity contribution in [3.8, 4) is 0 Å². The van der Waals surface area contributed by atoms with Crippen LogP contribution in [0.15, 0.2) is 28.0 Å². The van der Waals surface area contributed by atoms with Gasteiger partial charge in [-0.2, -0.15) is 0 Å². The average molecular weight is 363 g/mol. The molecule has 0 atom stereocenters. The molecule has 0 aliphatic heterocycles. The molecule has 146 valence electrons. The number of carbonyl (C=O) groups is 1. The normalized spacial score (nSPS) is 24.1. The van der Waals surface area contributed by atoms with Crippen LogP contribution in [0.25, 0.3) is 0 Å². The number of nitrogens with zero attached hydrogens (tertiary/aromatic N) is 2. The lowest BCUT2D eigenvalue weighted by atomic mass is 9.89. The van der Waals surface area contributed by atoms with Crippen molar-refractivity contribution >= 4 is 11.6 Å². The van der Waals surface area contributed by atoms with Gasteiger partial charge in [0.25, 0.3) is 5.91 Å². The van der Waals surface area contributed by atoms with Gasteiger partial charge in [0.1, 0.15) is 5.76 Å². The van der Waals surface area contributed by atoms with Crippen LogP contribution in [0.5, 0.6) is 0 Å². The van der Waals surface area contributed by atoms with E-state index >= 15 is 0 Å². The van der Waals surface area contributed by atoms with Crippen molar-refractivity contribution in [1.82, 2.24) is 5.06 Å². The van der Waals surface area contributed by atoms with Gasteiger partial charge >= 0.3 is 0 Å². The summed E-state index contributed by atoms with van der Waals surface area (Å²) in [7, 11) is 1.28. The number of likely N-dealkylation sites (N-methyl/N-ethyl adjacent to an activating group) is 1. The summed E-state index contributed by atoms with van der Waals surface area (Å²) in [4.78, 5) is 17.2. The van der Waals surface area contributed by atoms with Gasteiger partial charge in [-0.25, -0.2) is 5.06 Å². The number of amides is 1. The van der Waals surface area contributed by atoms with Crippen molar-refractivity contribution in [1.29, 1.82) is 0 Å². The molecule has 0 radical (unpaired) electrons. The second-order valence-electron chi connectivity index (χ2n) is 7.70. The van der Waals surface area contributed by atoms with E-state index in [-0.39, 0.29) is 11.3 Å². The smallest absolute Gasteiger partial charge is 0.280 e. The van der Waals surface area contributed by atoms with Gasteiger partial charge in [0.2, 0.25) is 0 Å². The number of carbonyl (C=O) groups excluding carboxylic acids is 1. The molecule has 0 unspecified atom stereocenters. The predicted molar refractivity (Wildman–Crippen MR) is 105 cm³/mol. The quantitative estimate of drug-likeness (QED) is 0.321. The zero-order valence-electron chi connectivity index (χ0n) is 16.3. The summed E-state index contributed by atoms with van der Waals surface area (Å²) in [5.74, 6) is 0.0195. The minimum Gasteiger partial charge on any atom is -0.512 e.